The van der Waals surface area contributed by atoms with Gasteiger partial charge in [0.05, 0.1) is 0 Å². The van der Waals surface area contributed by atoms with Gasteiger partial charge in [-0.15, -0.1) is 0 Å². The zero-order chi connectivity index (χ0) is 14.8. The van der Waals surface area contributed by atoms with Gasteiger partial charge in [0.25, 0.3) is 5.22 Å². The first-order chi connectivity index (χ1) is 10.1. The first kappa shape index (κ1) is 14.7. The summed E-state index contributed by atoms with van der Waals surface area (Å²) in [7, 11) is 0. The summed E-state index contributed by atoms with van der Waals surface area (Å²) in [4.78, 5) is 18.4. The molecule has 0 saturated carbocycles. The highest BCUT2D eigenvalue weighted by molar-refractivity contribution is 7.99. The molecule has 0 bridgehead atoms. The van der Waals surface area contributed by atoms with Gasteiger partial charge in [-0.1, -0.05) is 30.3 Å². The van der Waals surface area contributed by atoms with Gasteiger partial charge in [-0.2, -0.15) is 0 Å². The van der Waals surface area contributed by atoms with Crippen LogP contribution in [0.15, 0.2) is 27.8 Å². The van der Waals surface area contributed by atoms with E-state index in [1.807, 2.05) is 11.0 Å². The Balaban J connectivity index is 1.53. The molecule has 6 heteroatoms. The fourth-order valence-corrected chi connectivity index (χ4v) is 3.42. The third-order valence-electron chi connectivity index (χ3n) is 3.65. The van der Waals surface area contributed by atoms with Crippen molar-refractivity contribution in [3.8, 4) is 0 Å². The maximum Gasteiger partial charge on any atom is 0.256 e. The third-order valence-corrected chi connectivity index (χ3v) is 4.71. The highest BCUT2D eigenvalue weighted by Crippen LogP contribution is 2.26. The van der Waals surface area contributed by atoms with Crippen molar-refractivity contribution in [2.24, 2.45) is 5.92 Å². The molecular weight excluding hydrogens is 308 g/mol. The summed E-state index contributed by atoms with van der Waals surface area (Å²) in [6, 6.07) is 5.37. The maximum atomic E-state index is 12.0. The summed E-state index contributed by atoms with van der Waals surface area (Å²) in [5.41, 5.74) is 1.48. The molecule has 1 aromatic carbocycles. The van der Waals surface area contributed by atoms with Crippen LogP contribution >= 0.6 is 23.4 Å². The number of hydrogen-bond acceptors (Lipinski definition) is 4. The number of nitrogens with zero attached hydrogens (tertiary/aromatic N) is 2. The minimum atomic E-state index is 0.228. The third kappa shape index (κ3) is 3.52. The van der Waals surface area contributed by atoms with E-state index in [1.165, 1.54) is 11.8 Å². The normalized spacial score (nSPS) is 18.6. The summed E-state index contributed by atoms with van der Waals surface area (Å²) in [6.07, 6.45) is 1.64. The van der Waals surface area contributed by atoms with Gasteiger partial charge in [0.15, 0.2) is 5.58 Å². The molecule has 0 radical (unpaired) electrons. The summed E-state index contributed by atoms with van der Waals surface area (Å²) in [5.74, 6) is 1.54. The van der Waals surface area contributed by atoms with Gasteiger partial charge in [-0.25, -0.2) is 4.98 Å². The molecule has 0 aliphatic carbocycles. The van der Waals surface area contributed by atoms with Crippen LogP contribution in [0.1, 0.15) is 19.8 Å². The Kier molecular flexibility index (Phi) is 4.40. The number of hydrogen-bond donors (Lipinski definition) is 0. The molecule has 3 rings (SSSR count). The SMILES string of the molecule is CC1CCN(C(=O)CCSc2nc3cc(Cl)ccc3o2)C1. The van der Waals surface area contributed by atoms with Crippen LogP contribution in [0.25, 0.3) is 11.1 Å². The summed E-state index contributed by atoms with van der Waals surface area (Å²) in [6.45, 7) is 3.97. The molecule has 2 heterocycles. The topological polar surface area (TPSA) is 46.3 Å². The number of carbonyl (C=O) groups is 1. The van der Waals surface area contributed by atoms with Crippen LogP contribution in [-0.4, -0.2) is 34.6 Å². The second-order valence-corrected chi connectivity index (χ2v) is 6.91. The minimum absolute atomic E-state index is 0.228. The van der Waals surface area contributed by atoms with Crippen LogP contribution in [0.5, 0.6) is 0 Å². The van der Waals surface area contributed by atoms with Crippen molar-refractivity contribution in [2.45, 2.75) is 25.0 Å². The van der Waals surface area contributed by atoms with E-state index in [4.69, 9.17) is 16.0 Å². The fraction of sp³-hybridized carbons (Fsp3) is 0.467. The number of aromatic nitrogens is 1. The van der Waals surface area contributed by atoms with Gasteiger partial charge in [-0.3, -0.25) is 4.79 Å². The Hall–Kier alpha value is -1.20. The lowest BCUT2D eigenvalue weighted by Crippen LogP contribution is -2.28. The Bertz CT molecular complexity index is 658. The molecule has 1 fully saturated rings. The predicted molar refractivity (Wildman–Crippen MR) is 84.7 cm³/mol. The van der Waals surface area contributed by atoms with Crippen molar-refractivity contribution in [1.29, 1.82) is 0 Å². The van der Waals surface area contributed by atoms with Gasteiger partial charge in [-0.05, 0) is 30.5 Å². The molecule has 1 atom stereocenters. The van der Waals surface area contributed by atoms with Crippen molar-refractivity contribution < 1.29 is 9.21 Å². The number of rotatable bonds is 4. The number of carbonyl (C=O) groups excluding carboxylic acids is 1. The Morgan fingerprint density at radius 1 is 1.57 bits per heavy atom. The van der Waals surface area contributed by atoms with Crippen LogP contribution in [-0.2, 0) is 4.79 Å². The van der Waals surface area contributed by atoms with Crippen molar-refractivity contribution >= 4 is 40.4 Å². The second-order valence-electron chi connectivity index (χ2n) is 5.42. The first-order valence-electron chi connectivity index (χ1n) is 7.08. The largest absolute Gasteiger partial charge is 0.431 e. The van der Waals surface area contributed by atoms with Gasteiger partial charge in [0, 0.05) is 30.3 Å². The predicted octanol–water partition coefficient (Wildman–Crippen LogP) is 3.83. The molecule has 1 saturated heterocycles. The number of benzene rings is 1. The van der Waals surface area contributed by atoms with Crippen molar-refractivity contribution in [2.75, 3.05) is 18.8 Å². The van der Waals surface area contributed by atoms with E-state index >= 15 is 0 Å². The van der Waals surface area contributed by atoms with Crippen molar-refractivity contribution in [3.05, 3.63) is 23.2 Å². The molecule has 112 valence electrons. The lowest BCUT2D eigenvalue weighted by Gasteiger charge is -2.15. The molecule has 1 amide bonds. The van der Waals surface area contributed by atoms with Crippen LogP contribution in [0.2, 0.25) is 5.02 Å². The summed E-state index contributed by atoms with van der Waals surface area (Å²) >= 11 is 7.39. The fourth-order valence-electron chi connectivity index (χ4n) is 2.49. The quantitative estimate of drug-likeness (QED) is 0.802. The van der Waals surface area contributed by atoms with E-state index in [0.717, 1.165) is 30.6 Å². The van der Waals surface area contributed by atoms with Gasteiger partial charge in [0.2, 0.25) is 5.91 Å². The zero-order valence-electron chi connectivity index (χ0n) is 11.8. The minimum Gasteiger partial charge on any atom is -0.431 e. The highest BCUT2D eigenvalue weighted by atomic mass is 35.5. The van der Waals surface area contributed by atoms with Crippen molar-refractivity contribution in [3.63, 3.8) is 0 Å². The van der Waals surface area contributed by atoms with Crippen molar-refractivity contribution in [1.82, 2.24) is 9.88 Å². The van der Waals surface area contributed by atoms with Gasteiger partial charge in [0.1, 0.15) is 5.52 Å². The summed E-state index contributed by atoms with van der Waals surface area (Å²) < 4.78 is 5.62. The molecule has 0 spiro atoms. The number of oxazole rings is 1. The molecule has 2 aromatic rings. The first-order valence-corrected chi connectivity index (χ1v) is 8.45. The average molecular weight is 325 g/mol. The molecule has 1 aromatic heterocycles. The maximum absolute atomic E-state index is 12.0. The highest BCUT2D eigenvalue weighted by Gasteiger charge is 2.22. The number of amides is 1. The Morgan fingerprint density at radius 3 is 3.19 bits per heavy atom. The smallest absolute Gasteiger partial charge is 0.256 e. The van der Waals surface area contributed by atoms with E-state index in [1.54, 1.807) is 12.1 Å². The monoisotopic (exact) mass is 324 g/mol. The average Bonchev–Trinajstić information content (AvgIpc) is 3.04. The number of thioether (sulfide) groups is 1. The number of likely N-dealkylation sites (tertiary alicyclic amines) is 1. The second kappa shape index (κ2) is 6.28. The Morgan fingerprint density at radius 2 is 2.43 bits per heavy atom. The van der Waals surface area contributed by atoms with E-state index in [0.29, 0.717) is 28.3 Å². The molecular formula is C15H17ClN2O2S. The summed E-state index contributed by atoms with van der Waals surface area (Å²) in [5, 5.41) is 1.24. The molecule has 0 N–H and O–H groups in total. The van der Waals surface area contributed by atoms with Gasteiger partial charge < -0.3 is 9.32 Å². The van der Waals surface area contributed by atoms with E-state index in [-0.39, 0.29) is 5.91 Å². The molecule has 21 heavy (non-hydrogen) atoms. The van der Waals surface area contributed by atoms with Crippen LogP contribution in [0.4, 0.5) is 0 Å². The standard InChI is InChI=1S/C15H17ClN2O2S/c1-10-4-6-18(9-10)14(19)5-7-21-15-17-12-8-11(16)2-3-13(12)20-15/h2-3,8,10H,4-7,9H2,1H3. The van der Waals surface area contributed by atoms with E-state index in [9.17, 15) is 4.79 Å². The molecule has 1 aliphatic heterocycles. The number of halogens is 1. The van der Waals surface area contributed by atoms with Crippen LogP contribution in [0.3, 0.4) is 0 Å². The Labute approximate surface area is 132 Å². The lowest BCUT2D eigenvalue weighted by atomic mass is 10.2. The van der Waals surface area contributed by atoms with Crippen LogP contribution in [0, 0.1) is 5.92 Å². The molecule has 1 unspecified atom stereocenters. The molecule has 1 aliphatic rings. The lowest BCUT2D eigenvalue weighted by molar-refractivity contribution is -0.129. The zero-order valence-corrected chi connectivity index (χ0v) is 13.4. The van der Waals surface area contributed by atoms with E-state index in [2.05, 4.69) is 11.9 Å². The number of fused-ring (bicyclic) bond motifs is 1. The molecule has 4 nitrogen and oxygen atoms in total. The van der Waals surface area contributed by atoms with Gasteiger partial charge >= 0.3 is 0 Å². The van der Waals surface area contributed by atoms with E-state index < -0.39 is 0 Å². The van der Waals surface area contributed by atoms with Crippen LogP contribution < -0.4 is 0 Å².